The zero-order valence-electron chi connectivity index (χ0n) is 15.9. The molecule has 0 aliphatic rings. The molecule has 3 rings (SSSR count). The van der Waals surface area contributed by atoms with Crippen molar-refractivity contribution < 1.29 is 23.8 Å². The van der Waals surface area contributed by atoms with Crippen molar-refractivity contribution >= 4 is 11.9 Å². The lowest BCUT2D eigenvalue weighted by atomic mass is 10.2. The van der Waals surface area contributed by atoms with E-state index in [1.54, 1.807) is 36.7 Å². The summed E-state index contributed by atoms with van der Waals surface area (Å²) >= 11 is 0. The summed E-state index contributed by atoms with van der Waals surface area (Å²) in [6.45, 7) is 1.78. The van der Waals surface area contributed by atoms with Gasteiger partial charge in [0.05, 0.1) is 11.1 Å². The second-order valence-electron chi connectivity index (χ2n) is 6.19. The molecule has 2 heterocycles. The third-order valence-electron chi connectivity index (χ3n) is 3.99. The van der Waals surface area contributed by atoms with Gasteiger partial charge in [-0.1, -0.05) is 18.2 Å². The molecule has 7 nitrogen and oxygen atoms in total. The lowest BCUT2D eigenvalue weighted by Crippen LogP contribution is -2.31. The fourth-order valence-corrected chi connectivity index (χ4v) is 2.46. The summed E-state index contributed by atoms with van der Waals surface area (Å²) in [5.41, 5.74) is 1.55. The van der Waals surface area contributed by atoms with Gasteiger partial charge in [-0.3, -0.25) is 9.97 Å². The summed E-state index contributed by atoms with van der Waals surface area (Å²) in [7, 11) is 0. The number of hydrogen-bond donors (Lipinski definition) is 0. The lowest BCUT2D eigenvalue weighted by Gasteiger charge is -2.19. The van der Waals surface area contributed by atoms with Crippen molar-refractivity contribution in [2.75, 3.05) is 13.2 Å². The van der Waals surface area contributed by atoms with E-state index >= 15 is 0 Å². The minimum atomic E-state index is -0.803. The number of nitrogens with zero attached hydrogens (tertiary/aromatic N) is 2. The van der Waals surface area contributed by atoms with Crippen LogP contribution in [0.1, 0.15) is 26.3 Å². The summed E-state index contributed by atoms with van der Waals surface area (Å²) in [6.07, 6.45) is 5.13. The molecule has 0 aliphatic carbocycles. The Morgan fingerprint density at radius 2 is 1.52 bits per heavy atom. The molecule has 0 amide bonds. The number of pyridine rings is 2. The van der Waals surface area contributed by atoms with Crippen LogP contribution < -0.4 is 4.74 Å². The minimum Gasteiger partial charge on any atom is -0.489 e. The van der Waals surface area contributed by atoms with Crippen LogP contribution in [0.15, 0.2) is 73.3 Å². The Kier molecular flexibility index (Phi) is 6.89. The number of esters is 2. The summed E-state index contributed by atoms with van der Waals surface area (Å²) in [5, 5.41) is 0. The summed E-state index contributed by atoms with van der Waals surface area (Å²) in [5.74, 6) is -0.473. The van der Waals surface area contributed by atoms with Crippen LogP contribution in [0.5, 0.6) is 5.75 Å². The largest absolute Gasteiger partial charge is 0.489 e. The van der Waals surface area contributed by atoms with Crippen LogP contribution in [0.25, 0.3) is 0 Å². The number of rotatable bonds is 8. The molecular formula is C22H20N2O5. The Bertz CT molecular complexity index is 948. The molecule has 0 N–H and O–H groups in total. The number of hydrogen-bond acceptors (Lipinski definition) is 7. The number of benzene rings is 1. The van der Waals surface area contributed by atoms with Gasteiger partial charge >= 0.3 is 11.9 Å². The summed E-state index contributed by atoms with van der Waals surface area (Å²) < 4.78 is 16.6. The normalized spacial score (nSPS) is 11.3. The van der Waals surface area contributed by atoms with Crippen LogP contribution in [0.2, 0.25) is 0 Å². The van der Waals surface area contributed by atoms with Crippen LogP contribution >= 0.6 is 0 Å². The van der Waals surface area contributed by atoms with Crippen molar-refractivity contribution in [1.29, 1.82) is 0 Å². The quantitative estimate of drug-likeness (QED) is 0.544. The van der Waals surface area contributed by atoms with Gasteiger partial charge in [0.25, 0.3) is 0 Å². The van der Waals surface area contributed by atoms with Gasteiger partial charge in [0.15, 0.2) is 6.10 Å². The first-order valence-corrected chi connectivity index (χ1v) is 9.00. The lowest BCUT2D eigenvalue weighted by molar-refractivity contribution is -0.0136. The zero-order valence-corrected chi connectivity index (χ0v) is 15.9. The summed E-state index contributed by atoms with van der Waals surface area (Å²) in [4.78, 5) is 32.4. The molecule has 1 atom stereocenters. The molecule has 29 heavy (non-hydrogen) atoms. The smallest absolute Gasteiger partial charge is 0.340 e. The number of para-hydroxylation sites is 1. The molecular weight excluding hydrogens is 372 g/mol. The molecule has 2 aromatic heterocycles. The van der Waals surface area contributed by atoms with E-state index in [4.69, 9.17) is 14.2 Å². The first-order chi connectivity index (χ1) is 14.1. The van der Waals surface area contributed by atoms with Gasteiger partial charge in [0.1, 0.15) is 19.0 Å². The number of carbonyl (C=O) groups is 2. The van der Waals surface area contributed by atoms with Gasteiger partial charge in [-0.15, -0.1) is 0 Å². The molecule has 1 unspecified atom stereocenters. The molecule has 0 saturated carbocycles. The van der Waals surface area contributed by atoms with E-state index in [0.717, 1.165) is 5.56 Å². The van der Waals surface area contributed by atoms with Crippen molar-refractivity contribution in [3.63, 3.8) is 0 Å². The molecule has 0 saturated heterocycles. The molecule has 3 aromatic rings. The van der Waals surface area contributed by atoms with Crippen LogP contribution in [0, 0.1) is 6.92 Å². The van der Waals surface area contributed by atoms with Crippen LogP contribution in [0.4, 0.5) is 0 Å². The number of ether oxygens (including phenoxy) is 3. The summed E-state index contributed by atoms with van der Waals surface area (Å²) in [6, 6.07) is 13.9. The van der Waals surface area contributed by atoms with E-state index in [2.05, 4.69) is 9.97 Å². The molecule has 1 aromatic carbocycles. The van der Waals surface area contributed by atoms with E-state index in [9.17, 15) is 9.59 Å². The SMILES string of the molecule is Cc1ccccc1OCC(COC(=O)c1cccnc1)OC(=O)c1cccnc1. The molecule has 0 fully saturated rings. The van der Waals surface area contributed by atoms with E-state index < -0.39 is 18.0 Å². The first kappa shape index (κ1) is 20.0. The third-order valence-corrected chi connectivity index (χ3v) is 3.99. The second-order valence-corrected chi connectivity index (χ2v) is 6.19. The van der Waals surface area contributed by atoms with Crippen LogP contribution in [-0.2, 0) is 9.47 Å². The third kappa shape index (κ3) is 5.87. The Morgan fingerprint density at radius 3 is 2.14 bits per heavy atom. The van der Waals surface area contributed by atoms with E-state index in [-0.39, 0.29) is 13.2 Å². The van der Waals surface area contributed by atoms with E-state index in [0.29, 0.717) is 16.9 Å². The van der Waals surface area contributed by atoms with Gasteiger partial charge in [-0.2, -0.15) is 0 Å². The van der Waals surface area contributed by atoms with E-state index in [1.165, 1.54) is 12.4 Å². The number of aryl methyl sites for hydroxylation is 1. The highest BCUT2D eigenvalue weighted by atomic mass is 16.6. The first-order valence-electron chi connectivity index (χ1n) is 9.00. The number of carbonyl (C=O) groups excluding carboxylic acids is 2. The number of aromatic nitrogens is 2. The maximum atomic E-state index is 12.4. The molecule has 0 aliphatic heterocycles. The molecule has 0 spiro atoms. The maximum Gasteiger partial charge on any atom is 0.340 e. The van der Waals surface area contributed by atoms with Crippen LogP contribution in [0.3, 0.4) is 0 Å². The highest BCUT2D eigenvalue weighted by Crippen LogP contribution is 2.17. The predicted octanol–water partition coefficient (Wildman–Crippen LogP) is 3.25. The fraction of sp³-hybridized carbons (Fsp3) is 0.182. The monoisotopic (exact) mass is 392 g/mol. The van der Waals surface area contributed by atoms with Gasteiger partial charge in [0.2, 0.25) is 0 Å². The highest BCUT2D eigenvalue weighted by molar-refractivity contribution is 5.89. The molecule has 7 heteroatoms. The Morgan fingerprint density at radius 1 is 0.862 bits per heavy atom. The second kappa shape index (κ2) is 9.98. The fourth-order valence-electron chi connectivity index (χ4n) is 2.46. The van der Waals surface area contributed by atoms with Crippen molar-refractivity contribution in [1.82, 2.24) is 9.97 Å². The zero-order chi connectivity index (χ0) is 20.5. The molecule has 148 valence electrons. The topological polar surface area (TPSA) is 87.6 Å². The molecule has 0 bridgehead atoms. The van der Waals surface area contributed by atoms with Crippen molar-refractivity contribution in [2.24, 2.45) is 0 Å². The van der Waals surface area contributed by atoms with Crippen molar-refractivity contribution in [3.05, 3.63) is 90.0 Å². The van der Waals surface area contributed by atoms with Crippen molar-refractivity contribution in [2.45, 2.75) is 13.0 Å². The van der Waals surface area contributed by atoms with E-state index in [1.807, 2.05) is 31.2 Å². The van der Waals surface area contributed by atoms with Crippen LogP contribution in [-0.4, -0.2) is 41.2 Å². The predicted molar refractivity (Wildman–Crippen MR) is 105 cm³/mol. The Balaban J connectivity index is 1.65. The van der Waals surface area contributed by atoms with Gasteiger partial charge in [0, 0.05) is 24.8 Å². The Labute approximate surface area is 168 Å². The van der Waals surface area contributed by atoms with Gasteiger partial charge < -0.3 is 14.2 Å². The standard InChI is InChI=1S/C22H20N2O5/c1-16-6-2-3-9-20(16)27-14-19(29-22(26)18-8-5-11-24-13-18)15-28-21(25)17-7-4-10-23-12-17/h2-13,19H,14-15H2,1H3. The van der Waals surface area contributed by atoms with Gasteiger partial charge in [-0.25, -0.2) is 9.59 Å². The minimum absolute atomic E-state index is 0.0250. The Hall–Kier alpha value is -3.74. The maximum absolute atomic E-state index is 12.4. The van der Waals surface area contributed by atoms with Gasteiger partial charge in [-0.05, 0) is 42.8 Å². The molecule has 0 radical (unpaired) electrons. The average Bonchev–Trinajstić information content (AvgIpc) is 2.77. The average molecular weight is 392 g/mol. The van der Waals surface area contributed by atoms with Crippen molar-refractivity contribution in [3.8, 4) is 5.75 Å². The highest BCUT2D eigenvalue weighted by Gasteiger charge is 2.20.